The van der Waals surface area contributed by atoms with Gasteiger partial charge in [0.05, 0.1) is 17.1 Å². The SMILES string of the molecule is CC(C)(O)[C@@H](O)Cc1c(O)ccc2c(=O)cc(-c3ccc(O)cc3)oc12. The van der Waals surface area contributed by atoms with Gasteiger partial charge in [0, 0.05) is 23.6 Å². The highest BCUT2D eigenvalue weighted by Crippen LogP contribution is 2.31. The van der Waals surface area contributed by atoms with Crippen LogP contribution in [0.25, 0.3) is 22.3 Å². The number of hydrogen-bond acceptors (Lipinski definition) is 6. The number of phenols is 2. The van der Waals surface area contributed by atoms with Crippen LogP contribution in [0.4, 0.5) is 0 Å². The Bertz CT molecular complexity index is 996. The highest BCUT2D eigenvalue weighted by Gasteiger charge is 2.27. The van der Waals surface area contributed by atoms with Crippen LogP contribution in [-0.2, 0) is 6.42 Å². The Morgan fingerprint density at radius 3 is 2.35 bits per heavy atom. The van der Waals surface area contributed by atoms with Gasteiger partial charge >= 0.3 is 0 Å². The number of fused-ring (bicyclic) bond motifs is 1. The van der Waals surface area contributed by atoms with Gasteiger partial charge in [-0.3, -0.25) is 4.79 Å². The Kier molecular flexibility index (Phi) is 4.48. The van der Waals surface area contributed by atoms with E-state index in [0.29, 0.717) is 5.56 Å². The summed E-state index contributed by atoms with van der Waals surface area (Å²) in [6.45, 7) is 2.91. The number of phenolic OH excluding ortho intramolecular Hbond substituents is 2. The molecular formula is C20H20O6. The highest BCUT2D eigenvalue weighted by molar-refractivity contribution is 5.83. The molecule has 0 radical (unpaired) electrons. The number of aliphatic hydroxyl groups is 2. The first kappa shape index (κ1) is 18.0. The van der Waals surface area contributed by atoms with Gasteiger partial charge in [-0.25, -0.2) is 0 Å². The minimum absolute atomic E-state index is 0.0866. The molecule has 1 aromatic heterocycles. The van der Waals surface area contributed by atoms with Gasteiger partial charge in [0.1, 0.15) is 22.8 Å². The van der Waals surface area contributed by atoms with Crippen molar-refractivity contribution in [2.45, 2.75) is 32.0 Å². The van der Waals surface area contributed by atoms with Gasteiger partial charge in [0.25, 0.3) is 0 Å². The van der Waals surface area contributed by atoms with Crippen molar-refractivity contribution in [2.75, 3.05) is 0 Å². The molecule has 4 N–H and O–H groups in total. The highest BCUT2D eigenvalue weighted by atomic mass is 16.3. The molecule has 0 unspecified atom stereocenters. The van der Waals surface area contributed by atoms with Crippen LogP contribution in [0, 0.1) is 0 Å². The Balaban J connectivity index is 2.20. The molecule has 0 aliphatic carbocycles. The van der Waals surface area contributed by atoms with Crippen molar-refractivity contribution in [2.24, 2.45) is 0 Å². The van der Waals surface area contributed by atoms with Crippen molar-refractivity contribution in [1.29, 1.82) is 0 Å². The lowest BCUT2D eigenvalue weighted by Gasteiger charge is -2.25. The van der Waals surface area contributed by atoms with Crippen molar-refractivity contribution in [3.63, 3.8) is 0 Å². The average molecular weight is 356 g/mol. The lowest BCUT2D eigenvalue weighted by Crippen LogP contribution is -2.37. The normalized spacial score (nSPS) is 13.1. The second-order valence-corrected chi connectivity index (χ2v) is 6.84. The van der Waals surface area contributed by atoms with Crippen LogP contribution >= 0.6 is 0 Å². The first-order valence-electron chi connectivity index (χ1n) is 8.15. The average Bonchev–Trinajstić information content (AvgIpc) is 2.57. The number of aliphatic hydroxyl groups excluding tert-OH is 1. The molecule has 6 heteroatoms. The lowest BCUT2D eigenvalue weighted by atomic mass is 9.93. The van der Waals surface area contributed by atoms with E-state index in [1.165, 1.54) is 44.2 Å². The fourth-order valence-electron chi connectivity index (χ4n) is 2.67. The van der Waals surface area contributed by atoms with E-state index in [4.69, 9.17) is 4.42 Å². The third-order valence-electron chi connectivity index (χ3n) is 4.34. The molecular weight excluding hydrogens is 336 g/mol. The molecule has 3 rings (SSSR count). The van der Waals surface area contributed by atoms with E-state index < -0.39 is 11.7 Å². The fourth-order valence-corrected chi connectivity index (χ4v) is 2.67. The second-order valence-electron chi connectivity index (χ2n) is 6.84. The van der Waals surface area contributed by atoms with Gasteiger partial charge in [-0.2, -0.15) is 0 Å². The monoisotopic (exact) mass is 356 g/mol. The van der Waals surface area contributed by atoms with E-state index in [2.05, 4.69) is 0 Å². The standard InChI is InChI=1S/C20H20O6/c1-20(2,25)18(24)9-14-15(22)8-7-13-16(23)10-17(26-19(13)14)11-3-5-12(21)6-4-11/h3-8,10,18,21-22,24-25H,9H2,1-2H3/t18-/m0/s1. The summed E-state index contributed by atoms with van der Waals surface area (Å²) >= 11 is 0. The summed E-state index contributed by atoms with van der Waals surface area (Å²) in [6, 6.07) is 10.3. The molecule has 1 heterocycles. The zero-order valence-electron chi connectivity index (χ0n) is 14.4. The zero-order chi connectivity index (χ0) is 19.1. The van der Waals surface area contributed by atoms with Gasteiger partial charge in [0.2, 0.25) is 0 Å². The minimum Gasteiger partial charge on any atom is -0.508 e. The largest absolute Gasteiger partial charge is 0.508 e. The van der Waals surface area contributed by atoms with E-state index in [0.717, 1.165) is 0 Å². The molecule has 0 saturated heterocycles. The maximum absolute atomic E-state index is 12.5. The van der Waals surface area contributed by atoms with Crippen molar-refractivity contribution in [3.05, 3.63) is 58.3 Å². The van der Waals surface area contributed by atoms with Crippen LogP contribution in [0.1, 0.15) is 19.4 Å². The Morgan fingerprint density at radius 1 is 1.08 bits per heavy atom. The smallest absolute Gasteiger partial charge is 0.193 e. The molecule has 6 nitrogen and oxygen atoms in total. The molecule has 0 spiro atoms. The first-order chi connectivity index (χ1) is 12.2. The Hall–Kier alpha value is -2.83. The van der Waals surface area contributed by atoms with Crippen LogP contribution in [0.5, 0.6) is 11.5 Å². The van der Waals surface area contributed by atoms with Crippen molar-refractivity contribution >= 4 is 11.0 Å². The molecule has 0 saturated carbocycles. The van der Waals surface area contributed by atoms with Crippen LogP contribution in [0.15, 0.2) is 51.7 Å². The molecule has 26 heavy (non-hydrogen) atoms. The van der Waals surface area contributed by atoms with Crippen molar-refractivity contribution in [1.82, 2.24) is 0 Å². The Morgan fingerprint density at radius 2 is 1.73 bits per heavy atom. The third kappa shape index (κ3) is 3.42. The molecule has 2 aromatic carbocycles. The van der Waals surface area contributed by atoms with Gasteiger partial charge in [-0.05, 0) is 50.2 Å². The maximum Gasteiger partial charge on any atom is 0.193 e. The number of aromatic hydroxyl groups is 2. The summed E-state index contributed by atoms with van der Waals surface area (Å²) < 4.78 is 5.86. The van der Waals surface area contributed by atoms with Crippen LogP contribution < -0.4 is 5.43 Å². The van der Waals surface area contributed by atoms with E-state index in [9.17, 15) is 25.2 Å². The fraction of sp³-hybridized carbons (Fsp3) is 0.250. The van der Waals surface area contributed by atoms with Crippen LogP contribution in [0.2, 0.25) is 0 Å². The van der Waals surface area contributed by atoms with E-state index in [1.54, 1.807) is 12.1 Å². The summed E-state index contributed by atoms with van der Waals surface area (Å²) in [4.78, 5) is 12.5. The Labute approximate surface area is 149 Å². The maximum atomic E-state index is 12.5. The van der Waals surface area contributed by atoms with E-state index in [1.807, 2.05) is 0 Å². The van der Waals surface area contributed by atoms with Crippen LogP contribution in [-0.4, -0.2) is 32.1 Å². The van der Waals surface area contributed by atoms with E-state index >= 15 is 0 Å². The van der Waals surface area contributed by atoms with Gasteiger partial charge in [-0.15, -0.1) is 0 Å². The summed E-state index contributed by atoms with van der Waals surface area (Å²) in [7, 11) is 0. The molecule has 0 aliphatic heterocycles. The molecule has 3 aromatic rings. The zero-order valence-corrected chi connectivity index (χ0v) is 14.4. The minimum atomic E-state index is -1.39. The third-order valence-corrected chi connectivity index (χ3v) is 4.34. The molecule has 0 bridgehead atoms. The molecule has 0 amide bonds. The molecule has 136 valence electrons. The van der Waals surface area contributed by atoms with Crippen LogP contribution in [0.3, 0.4) is 0 Å². The van der Waals surface area contributed by atoms with Gasteiger partial charge < -0.3 is 24.8 Å². The number of benzene rings is 2. The molecule has 0 fully saturated rings. The molecule has 0 aliphatic rings. The lowest BCUT2D eigenvalue weighted by molar-refractivity contribution is -0.0470. The summed E-state index contributed by atoms with van der Waals surface area (Å²) in [6.07, 6.45) is -1.25. The van der Waals surface area contributed by atoms with Crippen molar-refractivity contribution < 1.29 is 24.8 Å². The predicted molar refractivity (Wildman–Crippen MR) is 97.3 cm³/mol. The van der Waals surface area contributed by atoms with E-state index in [-0.39, 0.29) is 45.6 Å². The summed E-state index contributed by atoms with van der Waals surface area (Å²) in [5.41, 5.74) is -0.699. The predicted octanol–water partition coefficient (Wildman–Crippen LogP) is 2.55. The summed E-state index contributed by atoms with van der Waals surface area (Å²) in [5.74, 6) is 0.224. The first-order valence-corrected chi connectivity index (χ1v) is 8.15. The van der Waals surface area contributed by atoms with Gasteiger partial charge in [0.15, 0.2) is 5.43 Å². The van der Waals surface area contributed by atoms with Crippen molar-refractivity contribution in [3.8, 4) is 22.8 Å². The molecule has 1 atom stereocenters. The topological polar surface area (TPSA) is 111 Å². The quantitative estimate of drug-likeness (QED) is 0.572. The number of hydrogen-bond donors (Lipinski definition) is 4. The second kappa shape index (κ2) is 6.48. The summed E-state index contributed by atoms with van der Waals surface area (Å²) in [5, 5.41) is 40.1. The number of rotatable bonds is 4. The van der Waals surface area contributed by atoms with Gasteiger partial charge in [-0.1, -0.05) is 0 Å².